The van der Waals surface area contributed by atoms with E-state index >= 15 is 0 Å². The van der Waals surface area contributed by atoms with Gasteiger partial charge in [0.1, 0.15) is 0 Å². The smallest absolute Gasteiger partial charge is 0.272 e. The third-order valence-electron chi connectivity index (χ3n) is 5.75. The Morgan fingerprint density at radius 1 is 1.18 bits per heavy atom. The van der Waals surface area contributed by atoms with Gasteiger partial charge in [-0.05, 0) is 50.7 Å². The van der Waals surface area contributed by atoms with Crippen LogP contribution in [0.3, 0.4) is 0 Å². The molecule has 1 saturated carbocycles. The summed E-state index contributed by atoms with van der Waals surface area (Å²) in [5.41, 5.74) is 2.90. The van der Waals surface area contributed by atoms with E-state index in [0.717, 1.165) is 60.2 Å². The Bertz CT molecular complexity index is 1040. The Kier molecular flexibility index (Phi) is 3.85. The van der Waals surface area contributed by atoms with Gasteiger partial charge in [0.2, 0.25) is 12.0 Å². The number of carbonyl (C=O) groups is 1. The molecule has 0 aromatic carbocycles. The molecule has 8 heteroatoms. The normalized spacial score (nSPS) is 17.0. The summed E-state index contributed by atoms with van der Waals surface area (Å²) in [6, 6.07) is 5.80. The van der Waals surface area contributed by atoms with E-state index in [4.69, 9.17) is 0 Å². The van der Waals surface area contributed by atoms with Gasteiger partial charge < -0.3 is 5.32 Å². The Hall–Kier alpha value is -3.29. The highest BCUT2D eigenvalue weighted by molar-refractivity contribution is 5.95. The Morgan fingerprint density at radius 2 is 2.07 bits per heavy atom. The molecule has 3 heterocycles. The Labute approximate surface area is 161 Å². The van der Waals surface area contributed by atoms with Crippen molar-refractivity contribution < 1.29 is 14.7 Å². The van der Waals surface area contributed by atoms with Gasteiger partial charge in [-0.3, -0.25) is 15.0 Å². The number of nitrogens with zero attached hydrogens (tertiary/aromatic N) is 5. The standard InChI is InChI=1S/C20H20N6O2/c27-19(23-20(8-4-9-20)16-7-1-2-10-21-16)18-14-5-3-6-15(14)26(24-18)17-13-25(28)12-11-22-17/h1-2,7,10-13H,3-6,8-9H2,(H-,22,23,27,28)/p+1. The average molecular weight is 377 g/mol. The van der Waals surface area contributed by atoms with E-state index in [-0.39, 0.29) is 5.91 Å². The van der Waals surface area contributed by atoms with E-state index in [1.165, 1.54) is 18.6 Å². The summed E-state index contributed by atoms with van der Waals surface area (Å²) < 4.78 is 2.62. The molecule has 0 spiro atoms. The summed E-state index contributed by atoms with van der Waals surface area (Å²) in [4.78, 5) is 22.0. The van der Waals surface area contributed by atoms with Gasteiger partial charge in [0, 0.05) is 16.5 Å². The lowest BCUT2D eigenvalue weighted by atomic mass is 9.74. The molecule has 0 saturated heterocycles. The van der Waals surface area contributed by atoms with E-state index < -0.39 is 5.54 Å². The second-order valence-corrected chi connectivity index (χ2v) is 7.44. The number of fused-ring (bicyclic) bond motifs is 1. The first-order valence-electron chi connectivity index (χ1n) is 9.58. The van der Waals surface area contributed by atoms with E-state index in [0.29, 0.717) is 11.5 Å². The minimum atomic E-state index is -0.410. The van der Waals surface area contributed by atoms with Gasteiger partial charge in [-0.15, -0.1) is 0 Å². The Morgan fingerprint density at radius 3 is 2.79 bits per heavy atom. The minimum absolute atomic E-state index is 0.171. The van der Waals surface area contributed by atoms with Crippen LogP contribution in [0.2, 0.25) is 0 Å². The second-order valence-electron chi connectivity index (χ2n) is 7.44. The van der Waals surface area contributed by atoms with E-state index in [1.54, 1.807) is 10.9 Å². The molecular formula is C20H21N6O2+. The zero-order chi connectivity index (χ0) is 19.1. The molecule has 1 amide bonds. The lowest BCUT2D eigenvalue weighted by Crippen LogP contribution is -2.51. The third kappa shape index (κ3) is 2.64. The summed E-state index contributed by atoms with van der Waals surface area (Å²) in [5, 5.41) is 17.5. The summed E-state index contributed by atoms with van der Waals surface area (Å²) >= 11 is 0. The molecule has 0 unspecified atom stereocenters. The molecule has 2 N–H and O–H groups in total. The maximum Gasteiger partial charge on any atom is 0.272 e. The number of aromatic nitrogens is 5. The molecule has 3 aromatic rings. The van der Waals surface area contributed by atoms with Gasteiger partial charge in [-0.1, -0.05) is 6.07 Å². The highest BCUT2D eigenvalue weighted by Gasteiger charge is 2.42. The SMILES string of the molecule is O=C(NC1(c2ccccn2)CCC1)c1nn(-c2c[n+](O)ccn2)c2c1CCC2. The number of carbonyl (C=O) groups excluding carboxylic acids is 1. The molecule has 3 aromatic heterocycles. The highest BCUT2D eigenvalue weighted by atomic mass is 16.5. The zero-order valence-electron chi connectivity index (χ0n) is 15.4. The monoisotopic (exact) mass is 377 g/mol. The van der Waals surface area contributed by atoms with Gasteiger partial charge in [0.25, 0.3) is 12.1 Å². The van der Waals surface area contributed by atoms with Crippen LogP contribution in [-0.2, 0) is 18.4 Å². The van der Waals surface area contributed by atoms with Crippen LogP contribution >= 0.6 is 0 Å². The number of amides is 1. The largest absolute Gasteiger partial charge is 0.340 e. The quantitative estimate of drug-likeness (QED) is 0.530. The number of rotatable bonds is 4. The first kappa shape index (κ1) is 16.9. The predicted octanol–water partition coefficient (Wildman–Crippen LogP) is 1.48. The van der Waals surface area contributed by atoms with Crippen LogP contribution < -0.4 is 10.0 Å². The summed E-state index contributed by atoms with van der Waals surface area (Å²) in [5.74, 6) is 0.320. The molecule has 28 heavy (non-hydrogen) atoms. The lowest BCUT2D eigenvalue weighted by Gasteiger charge is -2.41. The fourth-order valence-corrected chi connectivity index (χ4v) is 4.19. The number of hydrogen-bond donors (Lipinski definition) is 2. The van der Waals surface area contributed by atoms with Crippen molar-refractivity contribution >= 4 is 5.91 Å². The van der Waals surface area contributed by atoms with Gasteiger partial charge in [-0.2, -0.15) is 5.10 Å². The van der Waals surface area contributed by atoms with Crippen molar-refractivity contribution in [2.45, 2.75) is 44.1 Å². The van der Waals surface area contributed by atoms with E-state index in [9.17, 15) is 10.0 Å². The van der Waals surface area contributed by atoms with E-state index in [1.807, 2.05) is 18.2 Å². The molecule has 0 radical (unpaired) electrons. The van der Waals surface area contributed by atoms with Gasteiger partial charge in [0.05, 0.1) is 23.1 Å². The van der Waals surface area contributed by atoms with Crippen molar-refractivity contribution in [3.8, 4) is 5.82 Å². The van der Waals surface area contributed by atoms with Gasteiger partial charge >= 0.3 is 0 Å². The minimum Gasteiger partial charge on any atom is -0.340 e. The first-order chi connectivity index (χ1) is 13.7. The summed E-state index contributed by atoms with van der Waals surface area (Å²) in [6.45, 7) is 0. The second kappa shape index (κ2) is 6.40. The molecule has 1 fully saturated rings. The van der Waals surface area contributed by atoms with Crippen LogP contribution in [-0.4, -0.2) is 30.9 Å². The molecule has 8 nitrogen and oxygen atoms in total. The molecule has 0 atom stereocenters. The number of nitrogens with one attached hydrogen (secondary N) is 1. The first-order valence-corrected chi connectivity index (χ1v) is 9.58. The van der Waals surface area contributed by atoms with Crippen LogP contribution in [0.5, 0.6) is 0 Å². The van der Waals surface area contributed by atoms with Crippen molar-refractivity contribution in [2.75, 3.05) is 0 Å². The van der Waals surface area contributed by atoms with Crippen LogP contribution in [0, 0.1) is 0 Å². The highest BCUT2D eigenvalue weighted by Crippen LogP contribution is 2.40. The van der Waals surface area contributed by atoms with E-state index in [2.05, 4.69) is 20.4 Å². The van der Waals surface area contributed by atoms with Crippen LogP contribution in [0.4, 0.5) is 0 Å². The molecule has 2 aliphatic carbocycles. The summed E-state index contributed by atoms with van der Waals surface area (Å²) in [7, 11) is 0. The van der Waals surface area contributed by atoms with Crippen molar-refractivity contribution in [3.05, 3.63) is 65.6 Å². The van der Waals surface area contributed by atoms with Crippen molar-refractivity contribution in [3.63, 3.8) is 0 Å². The van der Waals surface area contributed by atoms with Gasteiger partial charge in [-0.25, -0.2) is 9.67 Å². The number of pyridine rings is 1. The third-order valence-corrected chi connectivity index (χ3v) is 5.75. The van der Waals surface area contributed by atoms with Crippen LogP contribution in [0.25, 0.3) is 5.82 Å². The average Bonchev–Trinajstić information content (AvgIpc) is 3.28. The molecule has 0 aliphatic heterocycles. The lowest BCUT2D eigenvalue weighted by molar-refractivity contribution is -0.904. The van der Waals surface area contributed by atoms with Crippen LogP contribution in [0.15, 0.2) is 43.0 Å². The van der Waals surface area contributed by atoms with Gasteiger partial charge in [0.15, 0.2) is 5.69 Å². The van der Waals surface area contributed by atoms with Crippen molar-refractivity contribution in [1.29, 1.82) is 0 Å². The fourth-order valence-electron chi connectivity index (χ4n) is 4.19. The van der Waals surface area contributed by atoms with Crippen molar-refractivity contribution in [2.24, 2.45) is 0 Å². The topological polar surface area (TPSA) is 96.8 Å². The molecule has 0 bridgehead atoms. The molecular weight excluding hydrogens is 356 g/mol. The van der Waals surface area contributed by atoms with Crippen molar-refractivity contribution in [1.82, 2.24) is 25.1 Å². The Balaban J connectivity index is 1.50. The molecule has 142 valence electrons. The zero-order valence-corrected chi connectivity index (χ0v) is 15.4. The fraction of sp³-hybridized carbons (Fsp3) is 0.350. The summed E-state index contributed by atoms with van der Waals surface area (Å²) in [6.07, 6.45) is 11.6. The maximum atomic E-state index is 13.2. The molecule has 2 aliphatic rings. The maximum absolute atomic E-state index is 13.2. The molecule has 5 rings (SSSR count). The number of hydrogen-bond acceptors (Lipinski definition) is 5. The van der Waals surface area contributed by atoms with Crippen LogP contribution in [0.1, 0.15) is 53.1 Å². The predicted molar refractivity (Wildman–Crippen MR) is 98.0 cm³/mol.